The van der Waals surface area contributed by atoms with Gasteiger partial charge in [-0.05, 0) is 124 Å². The molecule has 0 aromatic heterocycles. The summed E-state index contributed by atoms with van der Waals surface area (Å²) >= 11 is 0. The Bertz CT molecular complexity index is 698. The monoisotopic (exact) mass is 430 g/mol. The summed E-state index contributed by atoms with van der Waals surface area (Å²) < 4.78 is 4.84. The standard InChI is InChI=1S/C28H46O3/c1-18(7-6-8-19(2)26(30)31-5)23-11-12-24-22-10-9-20-17-21(29)13-15-27(20,3)25(22)14-16-28(23,24)4/h8,18,20-25,29H,6-7,9-17H2,1-5H3/b19-8+/t18-,20-,21-,22+,23-,24+,25+,27+,28-/m1/s1. The van der Waals surface area contributed by atoms with E-state index in [4.69, 9.17) is 4.74 Å². The summed E-state index contributed by atoms with van der Waals surface area (Å²) in [7, 11) is 1.46. The molecule has 3 heteroatoms. The van der Waals surface area contributed by atoms with E-state index in [0.717, 1.165) is 54.4 Å². The van der Waals surface area contributed by atoms with Crippen molar-refractivity contribution in [1.82, 2.24) is 0 Å². The maximum Gasteiger partial charge on any atom is 0.333 e. The molecule has 0 radical (unpaired) electrons. The van der Waals surface area contributed by atoms with Crippen molar-refractivity contribution < 1.29 is 14.6 Å². The van der Waals surface area contributed by atoms with Crippen LogP contribution in [0, 0.1) is 46.3 Å². The van der Waals surface area contributed by atoms with E-state index < -0.39 is 0 Å². The van der Waals surface area contributed by atoms with Gasteiger partial charge in [-0.1, -0.05) is 26.8 Å². The highest BCUT2D eigenvalue weighted by molar-refractivity contribution is 5.87. The molecule has 3 nitrogen and oxygen atoms in total. The highest BCUT2D eigenvalue weighted by atomic mass is 16.5. The van der Waals surface area contributed by atoms with Gasteiger partial charge in [0.1, 0.15) is 0 Å². The van der Waals surface area contributed by atoms with Gasteiger partial charge < -0.3 is 9.84 Å². The average molecular weight is 431 g/mol. The molecule has 0 bridgehead atoms. The smallest absolute Gasteiger partial charge is 0.333 e. The lowest BCUT2D eigenvalue weighted by molar-refractivity contribution is -0.136. The van der Waals surface area contributed by atoms with Gasteiger partial charge in [0.05, 0.1) is 13.2 Å². The molecule has 0 aromatic rings. The van der Waals surface area contributed by atoms with Gasteiger partial charge in [-0.3, -0.25) is 0 Å². The van der Waals surface area contributed by atoms with Crippen LogP contribution in [-0.2, 0) is 9.53 Å². The van der Waals surface area contributed by atoms with Crippen LogP contribution in [0.5, 0.6) is 0 Å². The van der Waals surface area contributed by atoms with Gasteiger partial charge in [-0.2, -0.15) is 0 Å². The van der Waals surface area contributed by atoms with Crippen molar-refractivity contribution in [3.63, 3.8) is 0 Å². The third-order valence-electron chi connectivity index (χ3n) is 11.0. The molecule has 4 saturated carbocycles. The number of carbonyl (C=O) groups excluding carboxylic acids is 1. The molecule has 0 amide bonds. The maximum absolute atomic E-state index is 11.7. The largest absolute Gasteiger partial charge is 0.466 e. The van der Waals surface area contributed by atoms with Crippen LogP contribution >= 0.6 is 0 Å². The molecule has 9 atom stereocenters. The Kier molecular flexibility index (Phi) is 6.65. The first-order valence-corrected chi connectivity index (χ1v) is 13.1. The van der Waals surface area contributed by atoms with Crippen LogP contribution in [0.15, 0.2) is 11.6 Å². The molecule has 4 fully saturated rings. The van der Waals surface area contributed by atoms with E-state index in [1.807, 2.05) is 6.92 Å². The molecular weight excluding hydrogens is 384 g/mol. The number of methoxy groups -OCH3 is 1. The Morgan fingerprint density at radius 2 is 1.77 bits per heavy atom. The molecule has 0 heterocycles. The van der Waals surface area contributed by atoms with Crippen LogP contribution in [0.1, 0.15) is 98.3 Å². The first-order valence-electron chi connectivity index (χ1n) is 13.1. The number of aliphatic hydroxyl groups is 1. The van der Waals surface area contributed by atoms with Crippen molar-refractivity contribution in [3.05, 3.63) is 11.6 Å². The Morgan fingerprint density at radius 3 is 2.52 bits per heavy atom. The predicted molar refractivity (Wildman–Crippen MR) is 125 cm³/mol. The third-order valence-corrected chi connectivity index (χ3v) is 11.0. The van der Waals surface area contributed by atoms with E-state index in [-0.39, 0.29) is 12.1 Å². The molecule has 4 aliphatic rings. The molecule has 0 saturated heterocycles. The van der Waals surface area contributed by atoms with Crippen molar-refractivity contribution in [3.8, 4) is 0 Å². The number of aliphatic hydroxyl groups excluding tert-OH is 1. The number of esters is 1. The molecule has 176 valence electrons. The number of fused-ring (bicyclic) bond motifs is 5. The van der Waals surface area contributed by atoms with Gasteiger partial charge >= 0.3 is 5.97 Å². The van der Waals surface area contributed by atoms with E-state index in [0.29, 0.717) is 16.7 Å². The fourth-order valence-corrected chi connectivity index (χ4v) is 9.22. The number of allylic oxidation sites excluding steroid dienone is 1. The van der Waals surface area contributed by atoms with Crippen LogP contribution < -0.4 is 0 Å². The second-order valence-corrected chi connectivity index (χ2v) is 12.2. The quantitative estimate of drug-likeness (QED) is 0.398. The molecule has 31 heavy (non-hydrogen) atoms. The summed E-state index contributed by atoms with van der Waals surface area (Å²) in [5, 5.41) is 10.3. The molecule has 0 unspecified atom stereocenters. The molecule has 0 aromatic carbocycles. The second kappa shape index (κ2) is 8.84. The molecular formula is C28H46O3. The van der Waals surface area contributed by atoms with Crippen LogP contribution in [0.4, 0.5) is 0 Å². The highest BCUT2D eigenvalue weighted by Crippen LogP contribution is 2.68. The Hall–Kier alpha value is -0.830. The average Bonchev–Trinajstić information content (AvgIpc) is 3.10. The van der Waals surface area contributed by atoms with Gasteiger partial charge in [0.25, 0.3) is 0 Å². The van der Waals surface area contributed by atoms with E-state index in [1.54, 1.807) is 0 Å². The van der Waals surface area contributed by atoms with Gasteiger partial charge in [-0.25, -0.2) is 4.79 Å². The van der Waals surface area contributed by atoms with Crippen molar-refractivity contribution in [1.29, 1.82) is 0 Å². The Morgan fingerprint density at radius 1 is 1.06 bits per heavy atom. The minimum atomic E-state index is -0.196. The van der Waals surface area contributed by atoms with Crippen molar-refractivity contribution in [2.75, 3.05) is 7.11 Å². The molecule has 0 spiro atoms. The van der Waals surface area contributed by atoms with Crippen LogP contribution in [0.25, 0.3) is 0 Å². The first-order chi connectivity index (χ1) is 14.7. The van der Waals surface area contributed by atoms with Gasteiger partial charge in [0, 0.05) is 5.57 Å². The summed E-state index contributed by atoms with van der Waals surface area (Å²) in [6.45, 7) is 9.56. The number of hydrogen-bond donors (Lipinski definition) is 1. The topological polar surface area (TPSA) is 46.5 Å². The van der Waals surface area contributed by atoms with Gasteiger partial charge in [0.2, 0.25) is 0 Å². The normalized spacial score (nSPS) is 45.9. The summed E-state index contributed by atoms with van der Waals surface area (Å²) in [5.74, 6) is 4.79. The lowest BCUT2D eigenvalue weighted by Crippen LogP contribution is -2.54. The van der Waals surface area contributed by atoms with Crippen molar-refractivity contribution in [2.24, 2.45) is 46.3 Å². The lowest BCUT2D eigenvalue weighted by atomic mass is 9.44. The Balaban J connectivity index is 1.43. The predicted octanol–water partition coefficient (Wildman–Crippen LogP) is 6.54. The summed E-state index contributed by atoms with van der Waals surface area (Å²) in [6, 6.07) is 0. The SMILES string of the molecule is COC(=O)/C(C)=C/CC[C@@H](C)[C@H]1CC[C@H]2[C@@H]3CC[C@@H]4C[C@H](O)CC[C@]4(C)[C@H]3CC[C@]12C. The van der Waals surface area contributed by atoms with E-state index >= 15 is 0 Å². The number of hydrogen-bond acceptors (Lipinski definition) is 3. The molecule has 0 aliphatic heterocycles. The maximum atomic E-state index is 11.7. The van der Waals surface area contributed by atoms with Crippen LogP contribution in [-0.4, -0.2) is 24.3 Å². The van der Waals surface area contributed by atoms with E-state index in [1.165, 1.54) is 58.5 Å². The zero-order valence-electron chi connectivity index (χ0n) is 20.7. The zero-order chi connectivity index (χ0) is 22.4. The van der Waals surface area contributed by atoms with E-state index in [9.17, 15) is 9.90 Å². The number of rotatable bonds is 5. The lowest BCUT2D eigenvalue weighted by Gasteiger charge is -2.61. The fourth-order valence-electron chi connectivity index (χ4n) is 9.22. The second-order valence-electron chi connectivity index (χ2n) is 12.2. The third kappa shape index (κ3) is 4.02. The highest BCUT2D eigenvalue weighted by Gasteiger charge is 2.60. The molecule has 4 aliphatic carbocycles. The van der Waals surface area contributed by atoms with Crippen molar-refractivity contribution in [2.45, 2.75) is 104 Å². The fraction of sp³-hybridized carbons (Fsp3) is 0.893. The number of carbonyl (C=O) groups is 1. The van der Waals surface area contributed by atoms with Crippen LogP contribution in [0.3, 0.4) is 0 Å². The zero-order valence-corrected chi connectivity index (χ0v) is 20.7. The minimum absolute atomic E-state index is 0.0444. The summed E-state index contributed by atoms with van der Waals surface area (Å²) in [6.07, 6.45) is 15.9. The van der Waals surface area contributed by atoms with Gasteiger partial charge in [-0.15, -0.1) is 0 Å². The summed E-state index contributed by atoms with van der Waals surface area (Å²) in [5.41, 5.74) is 1.72. The minimum Gasteiger partial charge on any atom is -0.466 e. The molecule has 4 rings (SSSR count). The first kappa shape index (κ1) is 23.3. The number of ether oxygens (including phenoxy) is 1. The molecule has 1 N–H and O–H groups in total. The Labute approximate surface area is 190 Å². The summed E-state index contributed by atoms with van der Waals surface area (Å²) in [4.78, 5) is 11.7. The van der Waals surface area contributed by atoms with E-state index in [2.05, 4.69) is 26.8 Å². The van der Waals surface area contributed by atoms with Crippen LogP contribution in [0.2, 0.25) is 0 Å². The van der Waals surface area contributed by atoms with Gasteiger partial charge in [0.15, 0.2) is 0 Å². The van der Waals surface area contributed by atoms with Crippen molar-refractivity contribution >= 4 is 5.97 Å².